The lowest BCUT2D eigenvalue weighted by atomic mass is 9.96. The predicted octanol–water partition coefficient (Wildman–Crippen LogP) is 8.80. The third kappa shape index (κ3) is 3.75. The van der Waals surface area contributed by atoms with E-state index in [2.05, 4.69) is 104 Å². The van der Waals surface area contributed by atoms with E-state index >= 15 is 0 Å². The van der Waals surface area contributed by atoms with E-state index in [1.165, 1.54) is 49.7 Å². The van der Waals surface area contributed by atoms with Gasteiger partial charge in [0.1, 0.15) is 0 Å². The van der Waals surface area contributed by atoms with Gasteiger partial charge in [-0.15, -0.1) is 0 Å². The Morgan fingerprint density at radius 2 is 0.733 bits per heavy atom. The van der Waals surface area contributed by atoms with E-state index in [4.69, 9.17) is 11.6 Å². The van der Waals surface area contributed by atoms with Crippen LogP contribution in [-0.2, 0) is 0 Å². The van der Waals surface area contributed by atoms with Gasteiger partial charge in [-0.2, -0.15) is 0 Å². The van der Waals surface area contributed by atoms with E-state index in [1.807, 2.05) is 12.1 Å². The molecule has 0 fully saturated rings. The molecule has 0 saturated heterocycles. The first kappa shape index (κ1) is 18.7. The second kappa shape index (κ2) is 7.82. The number of halogens is 1. The van der Waals surface area contributed by atoms with Crippen LogP contribution in [0.1, 0.15) is 5.56 Å². The van der Waals surface area contributed by atoms with Gasteiger partial charge in [0.15, 0.2) is 0 Å². The molecule has 0 amide bonds. The molecule has 0 spiro atoms. The first-order valence-electron chi connectivity index (χ1n) is 10.1. The van der Waals surface area contributed by atoms with Gasteiger partial charge < -0.3 is 0 Å². The Kier molecular flexibility index (Phi) is 4.86. The van der Waals surface area contributed by atoms with Gasteiger partial charge in [0, 0.05) is 5.02 Å². The maximum absolute atomic E-state index is 6.00. The zero-order valence-corrected chi connectivity index (χ0v) is 17.5. The van der Waals surface area contributed by atoms with Crippen molar-refractivity contribution in [1.82, 2.24) is 0 Å². The molecule has 5 aromatic carbocycles. The highest BCUT2D eigenvalue weighted by atomic mass is 35.5. The van der Waals surface area contributed by atoms with Gasteiger partial charge in [-0.05, 0) is 75.3 Å². The van der Waals surface area contributed by atoms with Crippen molar-refractivity contribution < 1.29 is 0 Å². The highest BCUT2D eigenvalue weighted by molar-refractivity contribution is 6.30. The highest BCUT2D eigenvalue weighted by Crippen LogP contribution is 2.30. The fourth-order valence-electron chi connectivity index (χ4n) is 3.85. The third-order valence-electron chi connectivity index (χ3n) is 5.62. The molecular formula is C29H21Cl. The van der Waals surface area contributed by atoms with Crippen LogP contribution in [0.5, 0.6) is 0 Å². The molecule has 0 unspecified atom stereocenters. The highest BCUT2D eigenvalue weighted by Gasteiger charge is 2.04. The lowest BCUT2D eigenvalue weighted by molar-refractivity contribution is 1.47. The van der Waals surface area contributed by atoms with E-state index in [1.54, 1.807) is 0 Å². The summed E-state index contributed by atoms with van der Waals surface area (Å²) in [6, 6.07) is 38.8. The average molecular weight is 405 g/mol. The van der Waals surface area contributed by atoms with Crippen LogP contribution in [0.3, 0.4) is 0 Å². The maximum atomic E-state index is 6.00. The molecule has 30 heavy (non-hydrogen) atoms. The Bertz CT molecular complexity index is 1310. The number of rotatable bonds is 3. The van der Waals surface area contributed by atoms with Crippen molar-refractivity contribution in [2.24, 2.45) is 0 Å². The van der Waals surface area contributed by atoms with E-state index < -0.39 is 0 Å². The monoisotopic (exact) mass is 404 g/mol. The Morgan fingerprint density at radius 3 is 1.20 bits per heavy atom. The molecule has 0 N–H and O–H groups in total. The molecule has 0 nitrogen and oxygen atoms in total. The second-order valence-corrected chi connectivity index (χ2v) is 8.16. The van der Waals surface area contributed by atoms with E-state index in [9.17, 15) is 0 Å². The Hall–Kier alpha value is -3.35. The van der Waals surface area contributed by atoms with Crippen molar-refractivity contribution in [1.29, 1.82) is 0 Å². The number of benzene rings is 5. The Labute approximate surface area is 182 Å². The molecule has 0 aliphatic heterocycles. The largest absolute Gasteiger partial charge is 0.0843 e. The van der Waals surface area contributed by atoms with Crippen LogP contribution in [0.25, 0.3) is 44.2 Å². The lowest BCUT2D eigenvalue weighted by Gasteiger charge is -2.08. The summed E-state index contributed by atoms with van der Waals surface area (Å²) < 4.78 is 0. The van der Waals surface area contributed by atoms with Crippen molar-refractivity contribution in [3.8, 4) is 33.4 Å². The number of hydrogen-bond acceptors (Lipinski definition) is 0. The molecule has 0 aliphatic rings. The van der Waals surface area contributed by atoms with Crippen molar-refractivity contribution >= 4 is 22.4 Å². The topological polar surface area (TPSA) is 0 Å². The summed E-state index contributed by atoms with van der Waals surface area (Å²) in [4.78, 5) is 0. The summed E-state index contributed by atoms with van der Waals surface area (Å²) in [5.41, 5.74) is 8.61. The van der Waals surface area contributed by atoms with Crippen LogP contribution in [0.15, 0.2) is 109 Å². The fraction of sp³-hybridized carbons (Fsp3) is 0.0345. The number of aryl methyl sites for hydroxylation is 1. The van der Waals surface area contributed by atoms with Crippen LogP contribution in [0.4, 0.5) is 0 Å². The summed E-state index contributed by atoms with van der Waals surface area (Å²) >= 11 is 6.00. The predicted molar refractivity (Wildman–Crippen MR) is 130 cm³/mol. The summed E-state index contributed by atoms with van der Waals surface area (Å²) in [7, 11) is 0. The minimum Gasteiger partial charge on any atom is -0.0843 e. The molecule has 0 bridgehead atoms. The SMILES string of the molecule is Cc1ccc(-c2ccc3cc(-c4ccc(-c5ccc(Cl)cc5)cc4)ccc3c2)cc1. The van der Waals surface area contributed by atoms with Crippen molar-refractivity contribution in [3.63, 3.8) is 0 Å². The van der Waals surface area contributed by atoms with E-state index in [0.717, 1.165) is 5.02 Å². The van der Waals surface area contributed by atoms with Gasteiger partial charge in [0.05, 0.1) is 0 Å². The molecule has 0 aromatic heterocycles. The summed E-state index contributed by atoms with van der Waals surface area (Å²) in [5, 5.41) is 3.27. The molecule has 5 aromatic rings. The third-order valence-corrected chi connectivity index (χ3v) is 5.87. The molecule has 1 heteroatoms. The maximum Gasteiger partial charge on any atom is 0.0406 e. The lowest BCUT2D eigenvalue weighted by Crippen LogP contribution is -1.83. The fourth-order valence-corrected chi connectivity index (χ4v) is 3.97. The molecule has 0 heterocycles. The summed E-state index contributed by atoms with van der Waals surface area (Å²) in [5.74, 6) is 0. The van der Waals surface area contributed by atoms with E-state index in [0.29, 0.717) is 0 Å². The van der Waals surface area contributed by atoms with Gasteiger partial charge in [0.25, 0.3) is 0 Å². The van der Waals surface area contributed by atoms with Crippen LogP contribution in [-0.4, -0.2) is 0 Å². The summed E-state index contributed by atoms with van der Waals surface area (Å²) in [6.45, 7) is 2.12. The smallest absolute Gasteiger partial charge is 0.0406 e. The van der Waals surface area contributed by atoms with Crippen LogP contribution in [0.2, 0.25) is 5.02 Å². The first-order chi connectivity index (χ1) is 14.7. The first-order valence-corrected chi connectivity index (χ1v) is 10.5. The second-order valence-electron chi connectivity index (χ2n) is 7.73. The standard InChI is InChI=1S/C29H21Cl/c1-20-2-4-23(5-3-20)25-10-12-28-19-26(11-13-27(28)18-25)24-8-6-21(7-9-24)22-14-16-29(30)17-15-22/h2-19H,1H3. The Morgan fingerprint density at radius 1 is 0.400 bits per heavy atom. The molecule has 144 valence electrons. The van der Waals surface area contributed by atoms with Crippen LogP contribution < -0.4 is 0 Å². The van der Waals surface area contributed by atoms with Crippen LogP contribution in [0, 0.1) is 6.92 Å². The van der Waals surface area contributed by atoms with Crippen molar-refractivity contribution in [2.45, 2.75) is 6.92 Å². The molecule has 0 radical (unpaired) electrons. The average Bonchev–Trinajstić information content (AvgIpc) is 2.79. The molecule has 0 saturated carbocycles. The molecule has 5 rings (SSSR count). The quantitative estimate of drug-likeness (QED) is 0.282. The minimum absolute atomic E-state index is 0.761. The van der Waals surface area contributed by atoms with E-state index in [-0.39, 0.29) is 0 Å². The van der Waals surface area contributed by atoms with Crippen LogP contribution >= 0.6 is 11.6 Å². The number of hydrogen-bond donors (Lipinski definition) is 0. The number of fused-ring (bicyclic) bond motifs is 1. The van der Waals surface area contributed by atoms with Gasteiger partial charge >= 0.3 is 0 Å². The minimum atomic E-state index is 0.761. The molecule has 0 atom stereocenters. The van der Waals surface area contributed by atoms with Gasteiger partial charge in [-0.25, -0.2) is 0 Å². The van der Waals surface area contributed by atoms with Crippen molar-refractivity contribution in [2.75, 3.05) is 0 Å². The van der Waals surface area contributed by atoms with Crippen molar-refractivity contribution in [3.05, 3.63) is 120 Å². The molecule has 0 aliphatic carbocycles. The normalized spacial score (nSPS) is 11.0. The molecular weight excluding hydrogens is 384 g/mol. The van der Waals surface area contributed by atoms with Gasteiger partial charge in [-0.3, -0.25) is 0 Å². The zero-order valence-electron chi connectivity index (χ0n) is 16.8. The summed E-state index contributed by atoms with van der Waals surface area (Å²) in [6.07, 6.45) is 0. The Balaban J connectivity index is 1.45. The van der Waals surface area contributed by atoms with Gasteiger partial charge in [0.2, 0.25) is 0 Å². The van der Waals surface area contributed by atoms with Gasteiger partial charge in [-0.1, -0.05) is 102 Å². The zero-order chi connectivity index (χ0) is 20.5.